The molecule has 3 aromatic rings. The second-order valence-corrected chi connectivity index (χ2v) is 11.6. The van der Waals surface area contributed by atoms with Gasteiger partial charge in [0.2, 0.25) is 0 Å². The van der Waals surface area contributed by atoms with Crippen LogP contribution in [0.15, 0.2) is 96.1 Å². The standard InChI is InChI=1S/C34H39N3O6/c1-22-27(18-24-12-6-3-7-13-24)41-33(23(2)30(22)38-19-25-14-8-4-9-15-25)43-31-28-21-40-34(42-28)29(36-37-35)32(31)39-20-26-16-10-5-11-17-26/h3-17,22-23,27-34H,18-21H2,1-2H3/t22-,23?,27?,28?,29?,30-,31+,32+,33+,34-/m1/s1. The molecule has 3 heterocycles. The van der Waals surface area contributed by atoms with E-state index >= 15 is 0 Å². The van der Waals surface area contributed by atoms with Gasteiger partial charge < -0.3 is 28.4 Å². The van der Waals surface area contributed by atoms with Gasteiger partial charge in [0.15, 0.2) is 12.6 Å². The Hall–Kier alpha value is -3.27. The van der Waals surface area contributed by atoms with Crippen molar-refractivity contribution >= 4 is 0 Å². The first kappa shape index (κ1) is 29.8. The maximum Gasteiger partial charge on any atom is 0.169 e. The fourth-order valence-electron chi connectivity index (χ4n) is 6.38. The minimum Gasteiger partial charge on any atom is -0.373 e. The molecule has 9 heteroatoms. The summed E-state index contributed by atoms with van der Waals surface area (Å²) >= 11 is 0. The molecule has 226 valence electrons. The highest BCUT2D eigenvalue weighted by atomic mass is 16.8. The van der Waals surface area contributed by atoms with Gasteiger partial charge in [0.1, 0.15) is 24.4 Å². The second-order valence-electron chi connectivity index (χ2n) is 11.6. The Bertz CT molecular complexity index is 1340. The van der Waals surface area contributed by atoms with Crippen LogP contribution in [0.3, 0.4) is 0 Å². The molecule has 2 bridgehead atoms. The molecule has 0 saturated carbocycles. The summed E-state index contributed by atoms with van der Waals surface area (Å²) in [5.74, 6) is 0.0140. The van der Waals surface area contributed by atoms with Crippen LogP contribution in [0.1, 0.15) is 30.5 Å². The number of hydrogen-bond donors (Lipinski definition) is 0. The van der Waals surface area contributed by atoms with Crippen LogP contribution < -0.4 is 0 Å². The molecule has 6 rings (SSSR count). The lowest BCUT2D eigenvalue weighted by Gasteiger charge is -2.47. The molecule has 3 aromatic carbocycles. The lowest BCUT2D eigenvalue weighted by molar-refractivity contribution is -0.314. The third-order valence-electron chi connectivity index (χ3n) is 8.73. The smallest absolute Gasteiger partial charge is 0.169 e. The first-order valence-electron chi connectivity index (χ1n) is 15.1. The van der Waals surface area contributed by atoms with Crippen molar-refractivity contribution in [1.29, 1.82) is 0 Å². The third-order valence-corrected chi connectivity index (χ3v) is 8.73. The maximum atomic E-state index is 9.40. The minimum atomic E-state index is -0.708. The predicted octanol–water partition coefficient (Wildman–Crippen LogP) is 6.22. The van der Waals surface area contributed by atoms with E-state index in [1.54, 1.807) is 0 Å². The van der Waals surface area contributed by atoms with E-state index in [0.717, 1.165) is 17.5 Å². The van der Waals surface area contributed by atoms with Crippen LogP contribution in [0.5, 0.6) is 0 Å². The zero-order valence-electron chi connectivity index (χ0n) is 24.6. The van der Waals surface area contributed by atoms with Gasteiger partial charge in [-0.1, -0.05) is 110 Å². The molecule has 3 saturated heterocycles. The van der Waals surface area contributed by atoms with Gasteiger partial charge in [-0.2, -0.15) is 0 Å². The Morgan fingerprint density at radius 3 is 1.93 bits per heavy atom. The molecule has 3 aliphatic heterocycles. The van der Waals surface area contributed by atoms with Gasteiger partial charge in [0.05, 0.1) is 32.0 Å². The van der Waals surface area contributed by atoms with E-state index in [9.17, 15) is 5.53 Å². The lowest BCUT2D eigenvalue weighted by atomic mass is 9.83. The average molecular weight is 586 g/mol. The van der Waals surface area contributed by atoms with Crippen molar-refractivity contribution in [3.05, 3.63) is 118 Å². The summed E-state index contributed by atoms with van der Waals surface area (Å²) in [7, 11) is 0. The van der Waals surface area contributed by atoms with Crippen molar-refractivity contribution in [3.63, 3.8) is 0 Å². The van der Waals surface area contributed by atoms with Crippen molar-refractivity contribution < 1.29 is 28.4 Å². The predicted molar refractivity (Wildman–Crippen MR) is 160 cm³/mol. The molecule has 0 aromatic heterocycles. The third kappa shape index (κ3) is 6.95. The fourth-order valence-corrected chi connectivity index (χ4v) is 6.38. The molecule has 0 N–H and O–H groups in total. The van der Waals surface area contributed by atoms with Crippen molar-refractivity contribution in [1.82, 2.24) is 0 Å². The molecular weight excluding hydrogens is 546 g/mol. The number of benzene rings is 3. The highest BCUT2D eigenvalue weighted by molar-refractivity contribution is 5.17. The average Bonchev–Trinajstić information content (AvgIpc) is 3.48. The van der Waals surface area contributed by atoms with E-state index in [1.807, 2.05) is 66.7 Å². The molecule has 4 unspecified atom stereocenters. The van der Waals surface area contributed by atoms with Gasteiger partial charge in [-0.05, 0) is 28.6 Å². The summed E-state index contributed by atoms with van der Waals surface area (Å²) in [6.07, 6.45) is -2.38. The molecule has 43 heavy (non-hydrogen) atoms. The second kappa shape index (κ2) is 14.0. The lowest BCUT2D eigenvalue weighted by Crippen LogP contribution is -2.59. The van der Waals surface area contributed by atoms with Crippen LogP contribution >= 0.6 is 0 Å². The Balaban J connectivity index is 1.25. The van der Waals surface area contributed by atoms with Crippen LogP contribution in [0, 0.1) is 11.8 Å². The summed E-state index contributed by atoms with van der Waals surface area (Å²) in [6.45, 7) is 5.45. The van der Waals surface area contributed by atoms with Gasteiger partial charge in [-0.3, -0.25) is 0 Å². The van der Waals surface area contributed by atoms with Crippen molar-refractivity contribution in [2.45, 2.75) is 82.6 Å². The molecule has 0 radical (unpaired) electrons. The Morgan fingerprint density at radius 2 is 1.33 bits per heavy atom. The molecule has 0 amide bonds. The van der Waals surface area contributed by atoms with Gasteiger partial charge in [0.25, 0.3) is 0 Å². The number of hydrogen-bond acceptors (Lipinski definition) is 7. The molecule has 3 aliphatic rings. The van der Waals surface area contributed by atoms with E-state index < -0.39 is 30.8 Å². The van der Waals surface area contributed by atoms with Crippen molar-refractivity contribution in [2.24, 2.45) is 17.0 Å². The first-order valence-corrected chi connectivity index (χ1v) is 15.1. The van der Waals surface area contributed by atoms with E-state index in [4.69, 9.17) is 28.4 Å². The summed E-state index contributed by atoms with van der Waals surface area (Å²) in [4.78, 5) is 3.09. The van der Waals surface area contributed by atoms with Gasteiger partial charge in [0, 0.05) is 16.7 Å². The van der Waals surface area contributed by atoms with Gasteiger partial charge >= 0.3 is 0 Å². The SMILES string of the molecule is CC1[C@H](O[C@H]2C3CO[C@H](O3)C(N=[N+]=[N-])[C@@H]2OCc2ccccc2)OC(Cc2ccccc2)[C@@H](C)[C@H]1OCc1ccccc1. The van der Waals surface area contributed by atoms with E-state index in [0.29, 0.717) is 19.8 Å². The zero-order valence-corrected chi connectivity index (χ0v) is 24.6. The monoisotopic (exact) mass is 585 g/mol. The number of rotatable bonds is 11. The minimum absolute atomic E-state index is 0.0986. The number of azide groups is 1. The molecule has 0 aliphatic carbocycles. The van der Waals surface area contributed by atoms with E-state index in [-0.39, 0.29) is 30.1 Å². The van der Waals surface area contributed by atoms with Crippen LogP contribution in [0.25, 0.3) is 10.4 Å². The molecule has 0 spiro atoms. The van der Waals surface area contributed by atoms with Crippen LogP contribution in [0.4, 0.5) is 0 Å². The van der Waals surface area contributed by atoms with Crippen molar-refractivity contribution in [2.75, 3.05) is 6.61 Å². The summed E-state index contributed by atoms with van der Waals surface area (Å²) in [5.41, 5.74) is 12.7. The van der Waals surface area contributed by atoms with Crippen molar-refractivity contribution in [3.8, 4) is 0 Å². The van der Waals surface area contributed by atoms with Crippen LogP contribution in [-0.4, -0.2) is 55.7 Å². The van der Waals surface area contributed by atoms with Gasteiger partial charge in [-0.25, -0.2) is 0 Å². The van der Waals surface area contributed by atoms with Crippen LogP contribution in [-0.2, 0) is 48.1 Å². The number of ether oxygens (including phenoxy) is 6. The summed E-state index contributed by atoms with van der Waals surface area (Å²) in [6, 6.07) is 29.7. The highest BCUT2D eigenvalue weighted by Crippen LogP contribution is 2.40. The molecular formula is C34H39N3O6. The quantitative estimate of drug-likeness (QED) is 0.150. The Kier molecular flexibility index (Phi) is 9.71. The fraction of sp³-hybridized carbons (Fsp3) is 0.471. The summed E-state index contributed by atoms with van der Waals surface area (Å²) < 4.78 is 38.7. The first-order chi connectivity index (χ1) is 21.1. The highest BCUT2D eigenvalue weighted by Gasteiger charge is 2.54. The summed E-state index contributed by atoms with van der Waals surface area (Å²) in [5, 5.41) is 4.04. The van der Waals surface area contributed by atoms with E-state index in [1.165, 1.54) is 5.56 Å². The normalized spacial score (nSPS) is 33.5. The largest absolute Gasteiger partial charge is 0.373 e. The topological polar surface area (TPSA) is 104 Å². The molecule has 10 atom stereocenters. The number of fused-ring (bicyclic) bond motifs is 2. The van der Waals surface area contributed by atoms with Gasteiger partial charge in [-0.15, -0.1) is 0 Å². The maximum absolute atomic E-state index is 9.40. The number of nitrogens with zero attached hydrogens (tertiary/aromatic N) is 3. The molecule has 9 nitrogen and oxygen atoms in total. The Labute approximate surface area is 252 Å². The van der Waals surface area contributed by atoms with E-state index in [2.05, 4.69) is 48.1 Å². The Morgan fingerprint density at radius 1 is 0.744 bits per heavy atom. The molecule has 3 fully saturated rings. The van der Waals surface area contributed by atoms with Crippen LogP contribution in [0.2, 0.25) is 0 Å². The zero-order chi connectivity index (χ0) is 29.6.